The first-order valence-electron chi connectivity index (χ1n) is 7.24. The van der Waals surface area contributed by atoms with E-state index in [0.29, 0.717) is 0 Å². The highest BCUT2D eigenvalue weighted by atomic mass is 14.7. The molecule has 104 valence electrons. The van der Waals surface area contributed by atoms with Crippen LogP contribution in [0.15, 0.2) is 60.8 Å². The van der Waals surface area contributed by atoms with Gasteiger partial charge >= 0.3 is 0 Å². The van der Waals surface area contributed by atoms with E-state index in [9.17, 15) is 0 Å². The van der Waals surface area contributed by atoms with Gasteiger partial charge in [0.15, 0.2) is 0 Å². The molecule has 0 amide bonds. The number of pyridine rings is 1. The van der Waals surface area contributed by atoms with E-state index in [1.165, 1.54) is 33.4 Å². The lowest BCUT2D eigenvalue weighted by atomic mass is 9.99. The summed E-state index contributed by atoms with van der Waals surface area (Å²) in [5.41, 5.74) is 8.43. The summed E-state index contributed by atoms with van der Waals surface area (Å²) in [6.45, 7) is 6.38. The fourth-order valence-electron chi connectivity index (χ4n) is 2.63. The zero-order valence-electron chi connectivity index (χ0n) is 12.7. The van der Waals surface area contributed by atoms with Crippen LogP contribution in [0.1, 0.15) is 16.7 Å². The Labute approximate surface area is 126 Å². The van der Waals surface area contributed by atoms with Gasteiger partial charge in [-0.25, -0.2) is 0 Å². The molecule has 0 saturated carbocycles. The van der Waals surface area contributed by atoms with Crippen molar-refractivity contribution in [2.45, 2.75) is 20.8 Å². The Morgan fingerprint density at radius 3 is 1.95 bits per heavy atom. The van der Waals surface area contributed by atoms with E-state index in [1.54, 1.807) is 0 Å². The maximum absolute atomic E-state index is 4.66. The SMILES string of the molecule is Cc1cccc(-c2cc(C)c(-c3cccc(C)c3)cn2)c1. The lowest BCUT2D eigenvalue weighted by Crippen LogP contribution is -1.90. The Hall–Kier alpha value is -2.41. The van der Waals surface area contributed by atoms with Gasteiger partial charge in [-0.2, -0.15) is 0 Å². The summed E-state index contributed by atoms with van der Waals surface area (Å²) in [6.07, 6.45) is 1.99. The van der Waals surface area contributed by atoms with Crippen molar-refractivity contribution in [1.29, 1.82) is 0 Å². The topological polar surface area (TPSA) is 12.9 Å². The van der Waals surface area contributed by atoms with Crippen molar-refractivity contribution in [3.05, 3.63) is 77.5 Å². The predicted octanol–water partition coefficient (Wildman–Crippen LogP) is 5.34. The molecule has 2 aromatic carbocycles. The number of rotatable bonds is 2. The number of aromatic nitrogens is 1. The minimum Gasteiger partial charge on any atom is -0.256 e. The molecule has 0 atom stereocenters. The average molecular weight is 273 g/mol. The second-order valence-electron chi connectivity index (χ2n) is 5.62. The van der Waals surface area contributed by atoms with E-state index in [1.807, 2.05) is 6.20 Å². The number of hydrogen-bond acceptors (Lipinski definition) is 1. The molecule has 0 N–H and O–H groups in total. The molecule has 1 heteroatoms. The third-order valence-electron chi connectivity index (χ3n) is 3.75. The first-order valence-corrected chi connectivity index (χ1v) is 7.24. The van der Waals surface area contributed by atoms with Gasteiger partial charge in [-0.3, -0.25) is 4.98 Å². The number of benzene rings is 2. The molecule has 0 radical (unpaired) electrons. The number of hydrogen-bond donors (Lipinski definition) is 0. The van der Waals surface area contributed by atoms with Crippen LogP contribution in [-0.2, 0) is 0 Å². The van der Waals surface area contributed by atoms with Crippen LogP contribution in [0, 0.1) is 20.8 Å². The van der Waals surface area contributed by atoms with Gasteiger partial charge in [-0.05, 0) is 44.0 Å². The number of aryl methyl sites for hydroxylation is 3. The Balaban J connectivity index is 2.04. The van der Waals surface area contributed by atoms with Crippen molar-refractivity contribution in [3.8, 4) is 22.4 Å². The molecule has 0 aliphatic carbocycles. The van der Waals surface area contributed by atoms with Gasteiger partial charge in [0.2, 0.25) is 0 Å². The fourth-order valence-corrected chi connectivity index (χ4v) is 2.63. The summed E-state index contributed by atoms with van der Waals surface area (Å²) in [7, 11) is 0. The normalized spacial score (nSPS) is 10.6. The van der Waals surface area contributed by atoms with Gasteiger partial charge in [0.25, 0.3) is 0 Å². The van der Waals surface area contributed by atoms with Gasteiger partial charge in [-0.1, -0.05) is 53.6 Å². The molecule has 1 heterocycles. The van der Waals surface area contributed by atoms with Crippen LogP contribution in [0.5, 0.6) is 0 Å². The Morgan fingerprint density at radius 1 is 0.714 bits per heavy atom. The lowest BCUT2D eigenvalue weighted by molar-refractivity contribution is 1.28. The third-order valence-corrected chi connectivity index (χ3v) is 3.75. The fraction of sp³-hybridized carbons (Fsp3) is 0.150. The maximum Gasteiger partial charge on any atom is 0.0705 e. The molecule has 21 heavy (non-hydrogen) atoms. The highest BCUT2D eigenvalue weighted by molar-refractivity contribution is 5.70. The Bertz CT molecular complexity index is 787. The quantitative estimate of drug-likeness (QED) is 0.614. The van der Waals surface area contributed by atoms with E-state index in [0.717, 1.165) is 5.69 Å². The molecule has 3 aromatic rings. The highest BCUT2D eigenvalue weighted by Crippen LogP contribution is 2.27. The molecule has 3 rings (SSSR count). The highest BCUT2D eigenvalue weighted by Gasteiger charge is 2.06. The largest absolute Gasteiger partial charge is 0.256 e. The smallest absolute Gasteiger partial charge is 0.0705 e. The zero-order chi connectivity index (χ0) is 14.8. The Kier molecular flexibility index (Phi) is 3.57. The van der Waals surface area contributed by atoms with E-state index in [2.05, 4.69) is 80.4 Å². The predicted molar refractivity (Wildman–Crippen MR) is 89.3 cm³/mol. The molecule has 0 fully saturated rings. The summed E-state index contributed by atoms with van der Waals surface area (Å²) < 4.78 is 0. The van der Waals surface area contributed by atoms with Crippen molar-refractivity contribution in [2.24, 2.45) is 0 Å². The van der Waals surface area contributed by atoms with Crippen LogP contribution < -0.4 is 0 Å². The molecule has 0 aliphatic heterocycles. The summed E-state index contributed by atoms with van der Waals surface area (Å²) in [6, 6.07) is 19.2. The molecule has 1 nitrogen and oxygen atoms in total. The Morgan fingerprint density at radius 2 is 1.33 bits per heavy atom. The molecular weight excluding hydrogens is 254 g/mol. The summed E-state index contributed by atoms with van der Waals surface area (Å²) in [5.74, 6) is 0. The molecule has 0 bridgehead atoms. The second kappa shape index (κ2) is 5.53. The van der Waals surface area contributed by atoms with Crippen LogP contribution in [-0.4, -0.2) is 4.98 Å². The van der Waals surface area contributed by atoms with Crippen molar-refractivity contribution in [3.63, 3.8) is 0 Å². The van der Waals surface area contributed by atoms with Crippen LogP contribution in [0.3, 0.4) is 0 Å². The molecule has 0 unspecified atom stereocenters. The van der Waals surface area contributed by atoms with Gasteiger partial charge < -0.3 is 0 Å². The molecule has 0 spiro atoms. The van der Waals surface area contributed by atoms with Crippen LogP contribution in [0.25, 0.3) is 22.4 Å². The maximum atomic E-state index is 4.66. The minimum absolute atomic E-state index is 1.03. The average Bonchev–Trinajstić information content (AvgIpc) is 2.47. The monoisotopic (exact) mass is 273 g/mol. The number of nitrogens with zero attached hydrogens (tertiary/aromatic N) is 1. The van der Waals surface area contributed by atoms with Crippen molar-refractivity contribution in [1.82, 2.24) is 4.98 Å². The lowest BCUT2D eigenvalue weighted by Gasteiger charge is -2.09. The van der Waals surface area contributed by atoms with Gasteiger partial charge in [0.1, 0.15) is 0 Å². The molecule has 0 aliphatic rings. The first-order chi connectivity index (χ1) is 10.1. The molecular formula is C20H19N. The molecule has 1 aromatic heterocycles. The van der Waals surface area contributed by atoms with E-state index < -0.39 is 0 Å². The van der Waals surface area contributed by atoms with Crippen LogP contribution in [0.4, 0.5) is 0 Å². The third kappa shape index (κ3) is 2.87. The first kappa shape index (κ1) is 13.6. The van der Waals surface area contributed by atoms with Crippen LogP contribution >= 0.6 is 0 Å². The summed E-state index contributed by atoms with van der Waals surface area (Å²) in [4.78, 5) is 4.66. The standard InChI is InChI=1S/C20H19N/c1-14-6-4-8-17(10-14)19-13-21-20(12-16(19)3)18-9-5-7-15(2)11-18/h4-13H,1-3H3. The summed E-state index contributed by atoms with van der Waals surface area (Å²) >= 11 is 0. The van der Waals surface area contributed by atoms with Crippen LogP contribution in [0.2, 0.25) is 0 Å². The second-order valence-corrected chi connectivity index (χ2v) is 5.62. The van der Waals surface area contributed by atoms with Crippen molar-refractivity contribution >= 4 is 0 Å². The van der Waals surface area contributed by atoms with Gasteiger partial charge in [0.05, 0.1) is 5.69 Å². The van der Waals surface area contributed by atoms with Crippen molar-refractivity contribution < 1.29 is 0 Å². The van der Waals surface area contributed by atoms with Gasteiger partial charge in [0, 0.05) is 17.3 Å². The summed E-state index contributed by atoms with van der Waals surface area (Å²) in [5, 5.41) is 0. The molecule has 0 saturated heterocycles. The van der Waals surface area contributed by atoms with E-state index >= 15 is 0 Å². The van der Waals surface area contributed by atoms with E-state index in [4.69, 9.17) is 0 Å². The van der Waals surface area contributed by atoms with Gasteiger partial charge in [-0.15, -0.1) is 0 Å². The van der Waals surface area contributed by atoms with E-state index in [-0.39, 0.29) is 0 Å². The van der Waals surface area contributed by atoms with Crippen molar-refractivity contribution in [2.75, 3.05) is 0 Å². The minimum atomic E-state index is 1.03. The zero-order valence-corrected chi connectivity index (χ0v) is 12.7.